The van der Waals surface area contributed by atoms with Crippen LogP contribution in [-0.4, -0.2) is 80.3 Å². The van der Waals surface area contributed by atoms with E-state index in [0.717, 1.165) is 52.0 Å². The fourth-order valence-corrected chi connectivity index (χ4v) is 2.64. The first-order valence-electron chi connectivity index (χ1n) is 6.38. The van der Waals surface area contributed by atoms with Crippen LogP contribution < -0.4 is 0 Å². The van der Waals surface area contributed by atoms with Gasteiger partial charge in [-0.1, -0.05) is 0 Å². The third kappa shape index (κ3) is 3.25. The molecule has 1 unspecified atom stereocenters. The molecule has 5 heteroatoms. The summed E-state index contributed by atoms with van der Waals surface area (Å²) >= 11 is 0. The maximum absolute atomic E-state index is 11.2. The highest BCUT2D eigenvalue weighted by Gasteiger charge is 2.37. The Kier molecular flexibility index (Phi) is 4.50. The average Bonchev–Trinajstić information content (AvgIpc) is 2.81. The maximum atomic E-state index is 11.2. The molecule has 0 aromatic heterocycles. The van der Waals surface area contributed by atoms with Gasteiger partial charge in [0.05, 0.1) is 18.6 Å². The third-order valence-corrected chi connectivity index (χ3v) is 3.80. The van der Waals surface area contributed by atoms with Crippen molar-refractivity contribution in [2.75, 3.05) is 59.1 Å². The first kappa shape index (κ1) is 13.0. The van der Waals surface area contributed by atoms with E-state index in [1.165, 1.54) is 0 Å². The molecule has 0 radical (unpaired) electrons. The van der Waals surface area contributed by atoms with Crippen LogP contribution in [0, 0.1) is 5.41 Å². The SMILES string of the molecule is O=CC1(CN2CCN(CCO)CC2)CCOC1. The van der Waals surface area contributed by atoms with Crippen molar-refractivity contribution in [3.05, 3.63) is 0 Å². The molecule has 0 aliphatic carbocycles. The molecule has 1 atom stereocenters. The van der Waals surface area contributed by atoms with Crippen LogP contribution in [0.4, 0.5) is 0 Å². The van der Waals surface area contributed by atoms with Gasteiger partial charge in [0.25, 0.3) is 0 Å². The van der Waals surface area contributed by atoms with Crippen molar-refractivity contribution >= 4 is 6.29 Å². The minimum Gasteiger partial charge on any atom is -0.395 e. The van der Waals surface area contributed by atoms with E-state index in [-0.39, 0.29) is 12.0 Å². The fraction of sp³-hybridized carbons (Fsp3) is 0.917. The molecular formula is C12H22N2O3. The number of piperazine rings is 1. The van der Waals surface area contributed by atoms with Gasteiger partial charge in [0.1, 0.15) is 6.29 Å². The number of hydrogen-bond donors (Lipinski definition) is 1. The molecule has 2 aliphatic rings. The highest BCUT2D eigenvalue weighted by Crippen LogP contribution is 2.27. The summed E-state index contributed by atoms with van der Waals surface area (Å²) in [5.74, 6) is 0. The number of carbonyl (C=O) groups excluding carboxylic acids is 1. The van der Waals surface area contributed by atoms with E-state index in [9.17, 15) is 4.79 Å². The van der Waals surface area contributed by atoms with Gasteiger partial charge in [0, 0.05) is 45.9 Å². The van der Waals surface area contributed by atoms with Crippen molar-refractivity contribution in [1.82, 2.24) is 9.80 Å². The molecule has 2 fully saturated rings. The van der Waals surface area contributed by atoms with Crippen LogP contribution in [0.3, 0.4) is 0 Å². The van der Waals surface area contributed by atoms with Gasteiger partial charge in [0.2, 0.25) is 0 Å². The smallest absolute Gasteiger partial charge is 0.129 e. The quantitative estimate of drug-likeness (QED) is 0.640. The number of aldehydes is 1. The Morgan fingerprint density at radius 3 is 2.47 bits per heavy atom. The third-order valence-electron chi connectivity index (χ3n) is 3.80. The van der Waals surface area contributed by atoms with E-state index in [1.807, 2.05) is 0 Å². The van der Waals surface area contributed by atoms with Crippen LogP contribution in [0.5, 0.6) is 0 Å². The predicted molar refractivity (Wildman–Crippen MR) is 63.9 cm³/mol. The normalized spacial score (nSPS) is 31.8. The average molecular weight is 242 g/mol. The number of aliphatic hydroxyl groups is 1. The minimum absolute atomic E-state index is 0.228. The van der Waals surface area contributed by atoms with Crippen LogP contribution >= 0.6 is 0 Å². The minimum atomic E-state index is -0.265. The molecule has 2 saturated heterocycles. The molecule has 0 aromatic rings. The van der Waals surface area contributed by atoms with Gasteiger partial charge in [-0.05, 0) is 6.42 Å². The highest BCUT2D eigenvalue weighted by atomic mass is 16.5. The largest absolute Gasteiger partial charge is 0.395 e. The van der Waals surface area contributed by atoms with Crippen LogP contribution in [0.2, 0.25) is 0 Å². The first-order chi connectivity index (χ1) is 8.28. The summed E-state index contributed by atoms with van der Waals surface area (Å²) in [4.78, 5) is 15.8. The van der Waals surface area contributed by atoms with Gasteiger partial charge in [-0.3, -0.25) is 9.80 Å². The van der Waals surface area contributed by atoms with Gasteiger partial charge in [-0.15, -0.1) is 0 Å². The molecule has 0 saturated carbocycles. The van der Waals surface area contributed by atoms with E-state index in [0.29, 0.717) is 13.2 Å². The van der Waals surface area contributed by atoms with Gasteiger partial charge in [-0.25, -0.2) is 0 Å². The number of rotatable bonds is 5. The number of aliphatic hydroxyl groups excluding tert-OH is 1. The zero-order chi connectivity index (χ0) is 12.1. The molecule has 17 heavy (non-hydrogen) atoms. The van der Waals surface area contributed by atoms with Gasteiger partial charge >= 0.3 is 0 Å². The van der Waals surface area contributed by atoms with Gasteiger partial charge in [-0.2, -0.15) is 0 Å². The van der Waals surface area contributed by atoms with Crippen LogP contribution in [0.15, 0.2) is 0 Å². The molecule has 0 amide bonds. The highest BCUT2D eigenvalue weighted by molar-refractivity contribution is 5.60. The van der Waals surface area contributed by atoms with Crippen molar-refractivity contribution in [2.45, 2.75) is 6.42 Å². The van der Waals surface area contributed by atoms with Gasteiger partial charge < -0.3 is 14.6 Å². The zero-order valence-corrected chi connectivity index (χ0v) is 10.3. The zero-order valence-electron chi connectivity index (χ0n) is 10.3. The molecule has 1 N–H and O–H groups in total. The summed E-state index contributed by atoms with van der Waals surface area (Å²) in [5, 5.41) is 8.88. The van der Waals surface area contributed by atoms with Crippen molar-refractivity contribution in [3.63, 3.8) is 0 Å². The Morgan fingerprint density at radius 2 is 1.94 bits per heavy atom. The molecule has 2 rings (SSSR count). The summed E-state index contributed by atoms with van der Waals surface area (Å²) in [5.41, 5.74) is -0.265. The number of carbonyl (C=O) groups is 1. The first-order valence-corrected chi connectivity index (χ1v) is 6.38. The number of hydrogen-bond acceptors (Lipinski definition) is 5. The number of nitrogens with zero attached hydrogens (tertiary/aromatic N) is 2. The molecule has 5 nitrogen and oxygen atoms in total. The lowest BCUT2D eigenvalue weighted by Gasteiger charge is -2.37. The molecule has 0 spiro atoms. The molecule has 0 bridgehead atoms. The van der Waals surface area contributed by atoms with Crippen LogP contribution in [0.1, 0.15) is 6.42 Å². The summed E-state index contributed by atoms with van der Waals surface area (Å²) in [6.45, 7) is 7.03. The monoisotopic (exact) mass is 242 g/mol. The fourth-order valence-electron chi connectivity index (χ4n) is 2.64. The molecule has 2 aliphatic heterocycles. The van der Waals surface area contributed by atoms with Crippen LogP contribution in [-0.2, 0) is 9.53 Å². The van der Waals surface area contributed by atoms with Gasteiger partial charge in [0.15, 0.2) is 0 Å². The number of β-amino-alcohol motifs (C(OH)–C–C–N with tert-alkyl or cyclic N) is 1. The second-order valence-electron chi connectivity index (χ2n) is 5.12. The summed E-state index contributed by atoms with van der Waals surface area (Å²) in [6.07, 6.45) is 1.94. The van der Waals surface area contributed by atoms with E-state index in [2.05, 4.69) is 9.80 Å². The number of ether oxygens (including phenoxy) is 1. The van der Waals surface area contributed by atoms with Crippen molar-refractivity contribution in [1.29, 1.82) is 0 Å². The molecule has 2 heterocycles. The van der Waals surface area contributed by atoms with Crippen molar-refractivity contribution in [3.8, 4) is 0 Å². The van der Waals surface area contributed by atoms with Crippen molar-refractivity contribution in [2.24, 2.45) is 5.41 Å². The summed E-state index contributed by atoms with van der Waals surface area (Å²) in [7, 11) is 0. The maximum Gasteiger partial charge on any atom is 0.129 e. The lowest BCUT2D eigenvalue weighted by atomic mass is 9.88. The Bertz CT molecular complexity index is 246. The second-order valence-corrected chi connectivity index (χ2v) is 5.12. The Labute approximate surface area is 102 Å². The predicted octanol–water partition coefficient (Wildman–Crippen LogP) is -0.798. The molecular weight excluding hydrogens is 220 g/mol. The van der Waals surface area contributed by atoms with E-state index >= 15 is 0 Å². The lowest BCUT2D eigenvalue weighted by Crippen LogP contribution is -2.50. The topological polar surface area (TPSA) is 53.0 Å². The lowest BCUT2D eigenvalue weighted by molar-refractivity contribution is -0.117. The van der Waals surface area contributed by atoms with E-state index < -0.39 is 0 Å². The Morgan fingerprint density at radius 1 is 1.24 bits per heavy atom. The van der Waals surface area contributed by atoms with Crippen LogP contribution in [0.25, 0.3) is 0 Å². The van der Waals surface area contributed by atoms with E-state index in [4.69, 9.17) is 9.84 Å². The summed E-state index contributed by atoms with van der Waals surface area (Å²) < 4.78 is 5.35. The molecule has 0 aromatic carbocycles. The Hall–Kier alpha value is -0.490. The van der Waals surface area contributed by atoms with E-state index in [1.54, 1.807) is 0 Å². The second kappa shape index (κ2) is 5.91. The molecule has 98 valence electrons. The Balaban J connectivity index is 1.79. The summed E-state index contributed by atoms with van der Waals surface area (Å²) in [6, 6.07) is 0. The van der Waals surface area contributed by atoms with Crippen molar-refractivity contribution < 1.29 is 14.6 Å². The standard InChI is InChI=1S/C12H22N2O3/c15-7-6-13-2-4-14(5-3-13)9-12(10-16)1-8-17-11-12/h10,15H,1-9,11H2.